The van der Waals surface area contributed by atoms with Gasteiger partial charge in [-0.15, -0.1) is 35.3 Å². The Hall–Kier alpha value is -1.16. The third-order valence-corrected chi connectivity index (χ3v) is 5.27. The minimum absolute atomic E-state index is 0. The van der Waals surface area contributed by atoms with Crippen LogP contribution < -0.4 is 10.6 Å². The van der Waals surface area contributed by atoms with Gasteiger partial charge in [0.05, 0.1) is 18.8 Å². The number of rotatable bonds is 8. The summed E-state index contributed by atoms with van der Waals surface area (Å²) in [6, 6.07) is 0. The maximum absolute atomic E-state index is 4.77. The molecule has 146 valence electrons. The Morgan fingerprint density at radius 2 is 1.92 bits per heavy atom. The summed E-state index contributed by atoms with van der Waals surface area (Å²) in [6.45, 7) is 10.7. The molecule has 0 saturated carbocycles. The second kappa shape index (κ2) is 11.5. The normalized spacial score (nSPS) is 11.3. The number of hydrogen-bond acceptors (Lipinski definition) is 4. The van der Waals surface area contributed by atoms with Crippen LogP contribution in [0.25, 0.3) is 0 Å². The molecule has 26 heavy (non-hydrogen) atoms. The molecule has 2 heterocycles. The van der Waals surface area contributed by atoms with Crippen molar-refractivity contribution in [1.82, 2.24) is 25.4 Å². The number of aromatic nitrogens is 3. The van der Waals surface area contributed by atoms with E-state index in [1.807, 2.05) is 17.9 Å². The molecule has 0 aromatic carbocycles. The van der Waals surface area contributed by atoms with E-state index in [2.05, 4.69) is 48.4 Å². The second-order valence-corrected chi connectivity index (χ2v) is 7.02. The van der Waals surface area contributed by atoms with Crippen molar-refractivity contribution in [2.24, 2.45) is 12.0 Å². The van der Waals surface area contributed by atoms with E-state index >= 15 is 0 Å². The first-order valence-electron chi connectivity index (χ1n) is 9.12. The molecule has 0 amide bonds. The highest BCUT2D eigenvalue weighted by molar-refractivity contribution is 14.0. The SMILES string of the molecule is CCNC(=NCc1c(CC)nn(C)c1CC)NCc1ncc(CC)s1.I. The van der Waals surface area contributed by atoms with Crippen LogP contribution in [0.4, 0.5) is 0 Å². The number of aliphatic imine (C=N–C) groups is 1. The maximum Gasteiger partial charge on any atom is 0.191 e. The number of thiazole rings is 1. The number of nitrogens with one attached hydrogen (secondary N) is 2. The predicted molar refractivity (Wildman–Crippen MR) is 121 cm³/mol. The Labute approximate surface area is 177 Å². The van der Waals surface area contributed by atoms with Gasteiger partial charge in [-0.25, -0.2) is 9.98 Å². The van der Waals surface area contributed by atoms with Gasteiger partial charge >= 0.3 is 0 Å². The number of nitrogens with zero attached hydrogens (tertiary/aromatic N) is 4. The molecule has 0 radical (unpaired) electrons. The molecule has 2 aromatic heterocycles. The van der Waals surface area contributed by atoms with Crippen LogP contribution in [0, 0.1) is 0 Å². The Morgan fingerprint density at radius 3 is 2.50 bits per heavy atom. The van der Waals surface area contributed by atoms with Crippen molar-refractivity contribution in [3.63, 3.8) is 0 Å². The molecule has 2 N–H and O–H groups in total. The summed E-state index contributed by atoms with van der Waals surface area (Å²) in [7, 11) is 2.02. The first-order valence-corrected chi connectivity index (χ1v) is 9.93. The zero-order chi connectivity index (χ0) is 18.2. The van der Waals surface area contributed by atoms with Gasteiger partial charge in [0.25, 0.3) is 0 Å². The lowest BCUT2D eigenvalue weighted by molar-refractivity contribution is 0.703. The van der Waals surface area contributed by atoms with Crippen LogP contribution in [0.5, 0.6) is 0 Å². The topological polar surface area (TPSA) is 67.1 Å². The molecule has 8 heteroatoms. The molecule has 0 fully saturated rings. The van der Waals surface area contributed by atoms with Crippen LogP contribution in [-0.2, 0) is 39.4 Å². The van der Waals surface area contributed by atoms with Gasteiger partial charge in [-0.1, -0.05) is 20.8 Å². The van der Waals surface area contributed by atoms with Crippen molar-refractivity contribution in [3.8, 4) is 0 Å². The first kappa shape index (κ1) is 22.9. The number of hydrogen-bond donors (Lipinski definition) is 2. The van der Waals surface area contributed by atoms with Crippen LogP contribution in [0.3, 0.4) is 0 Å². The van der Waals surface area contributed by atoms with Gasteiger partial charge in [-0.2, -0.15) is 5.10 Å². The summed E-state index contributed by atoms with van der Waals surface area (Å²) in [5.74, 6) is 0.823. The van der Waals surface area contributed by atoms with E-state index in [1.165, 1.54) is 16.1 Å². The Balaban J connectivity index is 0.00000338. The van der Waals surface area contributed by atoms with Crippen molar-refractivity contribution in [2.45, 2.75) is 60.0 Å². The molecule has 0 saturated heterocycles. The first-order chi connectivity index (χ1) is 12.1. The summed E-state index contributed by atoms with van der Waals surface area (Å²) in [5, 5.41) is 12.4. The zero-order valence-electron chi connectivity index (χ0n) is 16.4. The van der Waals surface area contributed by atoms with E-state index in [0.717, 1.165) is 42.5 Å². The lowest BCUT2D eigenvalue weighted by Gasteiger charge is -2.10. The number of halogens is 1. The molecule has 0 spiro atoms. The molecule has 0 unspecified atom stereocenters. The van der Waals surface area contributed by atoms with E-state index in [0.29, 0.717) is 13.1 Å². The highest BCUT2D eigenvalue weighted by Gasteiger charge is 2.13. The van der Waals surface area contributed by atoms with Gasteiger partial charge < -0.3 is 10.6 Å². The number of guanidine groups is 1. The van der Waals surface area contributed by atoms with Gasteiger partial charge in [-0.05, 0) is 26.2 Å². The molecule has 2 rings (SSSR count). The third-order valence-electron chi connectivity index (χ3n) is 4.12. The highest BCUT2D eigenvalue weighted by Crippen LogP contribution is 2.16. The van der Waals surface area contributed by atoms with Gasteiger partial charge in [0, 0.05) is 35.9 Å². The molecular formula is C18H31IN6S. The Morgan fingerprint density at radius 1 is 1.15 bits per heavy atom. The zero-order valence-corrected chi connectivity index (χ0v) is 19.6. The minimum atomic E-state index is 0. The fraction of sp³-hybridized carbons (Fsp3) is 0.611. The van der Waals surface area contributed by atoms with Crippen molar-refractivity contribution in [3.05, 3.63) is 33.0 Å². The van der Waals surface area contributed by atoms with Gasteiger partial charge in [0.2, 0.25) is 0 Å². The molecule has 0 aliphatic carbocycles. The minimum Gasteiger partial charge on any atom is -0.357 e. The van der Waals surface area contributed by atoms with E-state index in [9.17, 15) is 0 Å². The van der Waals surface area contributed by atoms with Crippen LogP contribution in [-0.4, -0.2) is 27.3 Å². The van der Waals surface area contributed by atoms with Crippen molar-refractivity contribution in [1.29, 1.82) is 0 Å². The summed E-state index contributed by atoms with van der Waals surface area (Å²) >= 11 is 1.75. The van der Waals surface area contributed by atoms with E-state index < -0.39 is 0 Å². The smallest absolute Gasteiger partial charge is 0.191 e. The lowest BCUT2D eigenvalue weighted by atomic mass is 10.1. The van der Waals surface area contributed by atoms with Gasteiger partial charge in [-0.3, -0.25) is 4.68 Å². The molecule has 0 atom stereocenters. The largest absolute Gasteiger partial charge is 0.357 e. The average Bonchev–Trinajstić information content (AvgIpc) is 3.20. The predicted octanol–water partition coefficient (Wildman–Crippen LogP) is 3.44. The third kappa shape index (κ3) is 5.94. The fourth-order valence-corrected chi connectivity index (χ4v) is 3.63. The monoisotopic (exact) mass is 490 g/mol. The molecule has 2 aromatic rings. The quantitative estimate of drug-likeness (QED) is 0.338. The Bertz CT molecular complexity index is 707. The van der Waals surface area contributed by atoms with E-state index in [4.69, 9.17) is 4.99 Å². The molecule has 0 bridgehead atoms. The summed E-state index contributed by atoms with van der Waals surface area (Å²) in [6.07, 6.45) is 4.90. The maximum atomic E-state index is 4.77. The standard InChI is InChI=1S/C18H30N6S.HI/c1-6-13-10-20-17(25-13)12-22-18(19-9-4)21-11-14-15(7-2)23-24(5)16(14)8-3;/h10H,6-9,11-12H2,1-5H3,(H2,19,21,22);1H. The summed E-state index contributed by atoms with van der Waals surface area (Å²) < 4.78 is 1.99. The lowest BCUT2D eigenvalue weighted by Crippen LogP contribution is -2.36. The van der Waals surface area contributed by atoms with Gasteiger partial charge in [0.1, 0.15) is 5.01 Å². The molecular weight excluding hydrogens is 459 g/mol. The summed E-state index contributed by atoms with van der Waals surface area (Å²) in [4.78, 5) is 10.5. The van der Waals surface area contributed by atoms with E-state index in [-0.39, 0.29) is 24.0 Å². The van der Waals surface area contributed by atoms with Crippen molar-refractivity contribution < 1.29 is 0 Å². The average molecular weight is 490 g/mol. The molecule has 0 aliphatic rings. The fourth-order valence-electron chi connectivity index (χ4n) is 2.82. The van der Waals surface area contributed by atoms with Gasteiger partial charge in [0.15, 0.2) is 5.96 Å². The van der Waals surface area contributed by atoms with Crippen LogP contribution in [0.1, 0.15) is 54.5 Å². The Kier molecular flexibility index (Phi) is 10.1. The second-order valence-electron chi connectivity index (χ2n) is 5.83. The van der Waals surface area contributed by atoms with Crippen LogP contribution in [0.15, 0.2) is 11.2 Å². The number of aryl methyl sites for hydroxylation is 3. The van der Waals surface area contributed by atoms with Crippen LogP contribution in [0.2, 0.25) is 0 Å². The van der Waals surface area contributed by atoms with Crippen molar-refractivity contribution >= 4 is 41.3 Å². The highest BCUT2D eigenvalue weighted by atomic mass is 127. The molecule has 0 aliphatic heterocycles. The van der Waals surface area contributed by atoms with E-state index in [1.54, 1.807) is 11.3 Å². The summed E-state index contributed by atoms with van der Waals surface area (Å²) in [5.41, 5.74) is 3.67. The van der Waals surface area contributed by atoms with Crippen molar-refractivity contribution in [2.75, 3.05) is 6.54 Å². The van der Waals surface area contributed by atoms with Crippen LogP contribution >= 0.6 is 35.3 Å². The molecule has 6 nitrogen and oxygen atoms in total.